The summed E-state index contributed by atoms with van der Waals surface area (Å²) >= 11 is 5.95. The first-order valence-corrected chi connectivity index (χ1v) is 9.37. The lowest BCUT2D eigenvalue weighted by molar-refractivity contribution is 0.324. The Hall–Kier alpha value is -1.60. The molecule has 2 N–H and O–H groups in total. The van der Waals surface area contributed by atoms with Crippen molar-refractivity contribution in [2.24, 2.45) is 5.73 Å². The average molecular weight is 369 g/mol. The molecule has 0 radical (unpaired) electrons. The summed E-state index contributed by atoms with van der Waals surface area (Å²) in [7, 11) is -1.98. The lowest BCUT2D eigenvalue weighted by Crippen LogP contribution is -2.21. The van der Waals surface area contributed by atoms with E-state index in [1.807, 2.05) is 13.1 Å². The van der Waals surface area contributed by atoms with Gasteiger partial charge >= 0.3 is 10.1 Å². The zero-order valence-corrected chi connectivity index (χ0v) is 15.1. The number of nitrogens with two attached hydrogens (primary N) is 1. The van der Waals surface area contributed by atoms with Crippen molar-refractivity contribution >= 4 is 21.7 Å². The van der Waals surface area contributed by atoms with E-state index in [-0.39, 0.29) is 15.7 Å². The molecule has 0 spiro atoms. The number of nitrogens with zero attached hydrogens (tertiary/aromatic N) is 1. The van der Waals surface area contributed by atoms with E-state index in [0.717, 1.165) is 18.5 Å². The highest BCUT2D eigenvalue weighted by molar-refractivity contribution is 7.87. The second kappa shape index (κ2) is 8.48. The van der Waals surface area contributed by atoms with Gasteiger partial charge in [0.15, 0.2) is 0 Å². The molecule has 2 aromatic carbocycles. The number of hydrogen-bond acceptors (Lipinski definition) is 5. The summed E-state index contributed by atoms with van der Waals surface area (Å²) < 4.78 is 30.0. The lowest BCUT2D eigenvalue weighted by atomic mass is 10.2. The van der Waals surface area contributed by atoms with E-state index in [1.165, 1.54) is 12.1 Å². The lowest BCUT2D eigenvalue weighted by Gasteiger charge is -2.16. The predicted molar refractivity (Wildman–Crippen MR) is 95.7 cm³/mol. The van der Waals surface area contributed by atoms with E-state index in [1.54, 1.807) is 30.3 Å². The van der Waals surface area contributed by atoms with Crippen molar-refractivity contribution in [3.8, 4) is 5.75 Å². The number of halogens is 1. The first-order valence-electron chi connectivity index (χ1n) is 7.59. The highest BCUT2D eigenvalue weighted by Gasteiger charge is 2.20. The summed E-state index contributed by atoms with van der Waals surface area (Å²) in [6.45, 7) is 2.20. The molecule has 0 aliphatic rings. The zero-order valence-electron chi connectivity index (χ0n) is 13.5. The fraction of sp³-hybridized carbons (Fsp3) is 0.294. The van der Waals surface area contributed by atoms with Gasteiger partial charge < -0.3 is 14.8 Å². The Kier molecular flexibility index (Phi) is 6.62. The molecule has 0 aromatic heterocycles. The molecule has 130 valence electrons. The summed E-state index contributed by atoms with van der Waals surface area (Å²) in [5.41, 5.74) is 6.47. The average Bonchev–Trinajstić information content (AvgIpc) is 2.53. The van der Waals surface area contributed by atoms with Gasteiger partial charge in [-0.05, 0) is 56.4 Å². The van der Waals surface area contributed by atoms with Crippen LogP contribution >= 0.6 is 11.6 Å². The van der Waals surface area contributed by atoms with Crippen LogP contribution in [0.5, 0.6) is 5.75 Å². The van der Waals surface area contributed by atoms with Crippen molar-refractivity contribution in [2.45, 2.75) is 17.9 Å². The van der Waals surface area contributed by atoms with Crippen LogP contribution in [0.3, 0.4) is 0 Å². The standard InChI is InChI=1S/C17H21ClN2O3S/c1-20(11-5-10-19)13-14-6-4-7-15(12-14)23-24(21,22)17-9-3-2-8-16(17)18/h2-4,6-9,12H,5,10-11,13,19H2,1H3. The van der Waals surface area contributed by atoms with Gasteiger partial charge in [-0.3, -0.25) is 0 Å². The highest BCUT2D eigenvalue weighted by Crippen LogP contribution is 2.25. The summed E-state index contributed by atoms with van der Waals surface area (Å²) in [4.78, 5) is 2.08. The van der Waals surface area contributed by atoms with E-state index < -0.39 is 10.1 Å². The van der Waals surface area contributed by atoms with Crippen molar-refractivity contribution in [3.63, 3.8) is 0 Å². The van der Waals surface area contributed by atoms with Gasteiger partial charge in [0.25, 0.3) is 0 Å². The van der Waals surface area contributed by atoms with Crippen LogP contribution in [-0.2, 0) is 16.7 Å². The maximum Gasteiger partial charge on any atom is 0.340 e. The SMILES string of the molecule is CN(CCCN)Cc1cccc(OS(=O)(=O)c2ccccc2Cl)c1. The minimum absolute atomic E-state index is 0.0443. The molecule has 0 atom stereocenters. The zero-order chi connectivity index (χ0) is 17.6. The van der Waals surface area contributed by atoms with Crippen LogP contribution in [0.2, 0.25) is 5.02 Å². The maximum absolute atomic E-state index is 12.4. The second-order valence-corrected chi connectivity index (χ2v) is 7.42. The van der Waals surface area contributed by atoms with Gasteiger partial charge in [0, 0.05) is 6.54 Å². The van der Waals surface area contributed by atoms with Gasteiger partial charge in [-0.2, -0.15) is 8.42 Å². The topological polar surface area (TPSA) is 72.6 Å². The van der Waals surface area contributed by atoms with Crippen LogP contribution in [0.25, 0.3) is 0 Å². The van der Waals surface area contributed by atoms with Crippen LogP contribution < -0.4 is 9.92 Å². The molecule has 5 nitrogen and oxygen atoms in total. The number of benzene rings is 2. The fourth-order valence-corrected chi connectivity index (χ4v) is 3.68. The molecule has 0 unspecified atom stereocenters. The molecule has 0 amide bonds. The Labute approximate surface area is 148 Å². The molecule has 2 rings (SSSR count). The molecule has 7 heteroatoms. The molecule has 0 saturated heterocycles. The molecule has 0 aliphatic heterocycles. The van der Waals surface area contributed by atoms with Crippen LogP contribution in [0, 0.1) is 0 Å². The van der Waals surface area contributed by atoms with Crippen LogP contribution in [0.4, 0.5) is 0 Å². The van der Waals surface area contributed by atoms with Gasteiger partial charge in [0.1, 0.15) is 10.6 Å². The van der Waals surface area contributed by atoms with Crippen molar-refractivity contribution in [3.05, 3.63) is 59.1 Å². The molecule has 24 heavy (non-hydrogen) atoms. The van der Waals surface area contributed by atoms with Crippen molar-refractivity contribution in [1.29, 1.82) is 0 Å². The monoisotopic (exact) mass is 368 g/mol. The molecule has 2 aromatic rings. The predicted octanol–water partition coefficient (Wildman–Crippen LogP) is 2.89. The summed E-state index contributed by atoms with van der Waals surface area (Å²) in [6, 6.07) is 13.2. The molecule has 0 fully saturated rings. The van der Waals surface area contributed by atoms with Crippen molar-refractivity contribution in [1.82, 2.24) is 4.90 Å². The Balaban J connectivity index is 2.13. The molecule has 0 saturated carbocycles. The molecular weight excluding hydrogens is 348 g/mol. The number of hydrogen-bond donors (Lipinski definition) is 1. The molecule has 0 aliphatic carbocycles. The quantitative estimate of drug-likeness (QED) is 0.725. The van der Waals surface area contributed by atoms with Crippen molar-refractivity contribution in [2.75, 3.05) is 20.1 Å². The Morgan fingerprint density at radius 3 is 2.62 bits per heavy atom. The third-order valence-corrected chi connectivity index (χ3v) is 5.15. The molecule has 0 bridgehead atoms. The first kappa shape index (κ1) is 18.7. The summed E-state index contributed by atoms with van der Waals surface area (Å²) in [5.74, 6) is 0.264. The normalized spacial score (nSPS) is 11.7. The van der Waals surface area contributed by atoms with E-state index in [2.05, 4.69) is 4.90 Å². The summed E-state index contributed by atoms with van der Waals surface area (Å²) in [5, 5.41) is 0.134. The molecular formula is C17H21ClN2O3S. The minimum atomic E-state index is -3.97. The van der Waals surface area contributed by atoms with Gasteiger partial charge in [0.2, 0.25) is 0 Å². The van der Waals surface area contributed by atoms with Gasteiger partial charge in [0.05, 0.1) is 5.02 Å². The van der Waals surface area contributed by atoms with E-state index in [4.69, 9.17) is 21.5 Å². The van der Waals surface area contributed by atoms with Gasteiger partial charge in [-0.1, -0.05) is 35.9 Å². The fourth-order valence-electron chi connectivity index (χ4n) is 2.27. The Morgan fingerprint density at radius 2 is 1.92 bits per heavy atom. The molecule has 0 heterocycles. The summed E-state index contributed by atoms with van der Waals surface area (Å²) in [6.07, 6.45) is 0.910. The Morgan fingerprint density at radius 1 is 1.17 bits per heavy atom. The smallest absolute Gasteiger partial charge is 0.340 e. The van der Waals surface area contributed by atoms with E-state index in [9.17, 15) is 8.42 Å². The third kappa shape index (κ3) is 5.21. The minimum Gasteiger partial charge on any atom is -0.379 e. The first-order chi connectivity index (χ1) is 11.4. The second-order valence-electron chi connectivity index (χ2n) is 5.50. The van der Waals surface area contributed by atoms with E-state index in [0.29, 0.717) is 13.1 Å². The van der Waals surface area contributed by atoms with E-state index >= 15 is 0 Å². The van der Waals surface area contributed by atoms with Gasteiger partial charge in [-0.25, -0.2) is 0 Å². The third-order valence-electron chi connectivity index (χ3n) is 3.41. The van der Waals surface area contributed by atoms with Crippen LogP contribution in [0.1, 0.15) is 12.0 Å². The maximum atomic E-state index is 12.4. The number of rotatable bonds is 8. The largest absolute Gasteiger partial charge is 0.379 e. The highest BCUT2D eigenvalue weighted by atomic mass is 35.5. The van der Waals surface area contributed by atoms with Crippen molar-refractivity contribution < 1.29 is 12.6 Å². The van der Waals surface area contributed by atoms with Gasteiger partial charge in [-0.15, -0.1) is 0 Å². The van der Waals surface area contributed by atoms with Crippen LogP contribution in [0.15, 0.2) is 53.4 Å². The Bertz CT molecular complexity index is 781. The van der Waals surface area contributed by atoms with Crippen LogP contribution in [-0.4, -0.2) is 33.5 Å².